The van der Waals surface area contributed by atoms with E-state index in [9.17, 15) is 9.18 Å². The highest BCUT2D eigenvalue weighted by molar-refractivity contribution is 5.16. The van der Waals surface area contributed by atoms with Crippen LogP contribution < -0.4 is 5.56 Å². The molecule has 0 saturated carbocycles. The van der Waals surface area contributed by atoms with Crippen molar-refractivity contribution in [3.8, 4) is 12.3 Å². The van der Waals surface area contributed by atoms with Crippen molar-refractivity contribution in [3.05, 3.63) is 63.8 Å². The molecule has 0 saturated heterocycles. The van der Waals surface area contributed by atoms with E-state index in [1.165, 1.54) is 22.9 Å². The van der Waals surface area contributed by atoms with E-state index in [1.54, 1.807) is 18.2 Å². The molecule has 1 aromatic carbocycles. The van der Waals surface area contributed by atoms with Crippen molar-refractivity contribution in [1.29, 1.82) is 0 Å². The third-order valence-corrected chi connectivity index (χ3v) is 3.60. The summed E-state index contributed by atoms with van der Waals surface area (Å²) >= 11 is 0. The van der Waals surface area contributed by atoms with Crippen LogP contribution in [0.15, 0.2) is 41.2 Å². The van der Waals surface area contributed by atoms with Crippen LogP contribution in [0.5, 0.6) is 0 Å². The van der Waals surface area contributed by atoms with E-state index in [1.807, 2.05) is 25.7 Å². The largest absolute Gasteiger partial charge is 0.269 e. The lowest BCUT2D eigenvalue weighted by molar-refractivity contribution is 0.216. The third-order valence-electron chi connectivity index (χ3n) is 3.60. The summed E-state index contributed by atoms with van der Waals surface area (Å²) in [6.07, 6.45) is 5.44. The quantitative estimate of drug-likeness (QED) is 0.793. The van der Waals surface area contributed by atoms with Crippen molar-refractivity contribution in [1.82, 2.24) is 14.7 Å². The molecule has 0 N–H and O–H groups in total. The molecule has 0 amide bonds. The van der Waals surface area contributed by atoms with E-state index < -0.39 is 0 Å². The Bertz CT molecular complexity index is 782. The van der Waals surface area contributed by atoms with Gasteiger partial charge in [0.1, 0.15) is 5.82 Å². The monoisotopic (exact) mass is 327 g/mol. The molecule has 24 heavy (non-hydrogen) atoms. The van der Waals surface area contributed by atoms with Crippen LogP contribution in [0.4, 0.5) is 4.39 Å². The number of nitrogens with zero attached hydrogens (tertiary/aromatic N) is 3. The number of hydrogen-bond donors (Lipinski definition) is 0. The maximum atomic E-state index is 13.0. The molecule has 0 radical (unpaired) electrons. The molecule has 1 heterocycles. The lowest BCUT2D eigenvalue weighted by atomic mass is 9.92. The van der Waals surface area contributed by atoms with Crippen LogP contribution in [-0.4, -0.2) is 21.2 Å². The highest BCUT2D eigenvalue weighted by atomic mass is 19.1. The Labute approximate surface area is 141 Å². The molecular weight excluding hydrogens is 305 g/mol. The van der Waals surface area contributed by atoms with Gasteiger partial charge in [-0.05, 0) is 23.8 Å². The predicted octanol–water partition coefficient (Wildman–Crippen LogP) is 2.77. The van der Waals surface area contributed by atoms with E-state index in [0.29, 0.717) is 13.1 Å². The Morgan fingerprint density at radius 3 is 2.46 bits per heavy atom. The molecular formula is C19H22FN3O. The van der Waals surface area contributed by atoms with Gasteiger partial charge in [0.05, 0.1) is 18.9 Å². The Balaban J connectivity index is 2.23. The predicted molar refractivity (Wildman–Crippen MR) is 92.8 cm³/mol. The van der Waals surface area contributed by atoms with E-state index in [2.05, 4.69) is 11.0 Å². The first-order valence-electron chi connectivity index (χ1n) is 7.78. The molecule has 0 spiro atoms. The lowest BCUT2D eigenvalue weighted by Crippen LogP contribution is -2.35. The van der Waals surface area contributed by atoms with Crippen LogP contribution in [0.1, 0.15) is 32.0 Å². The van der Waals surface area contributed by atoms with Crippen molar-refractivity contribution < 1.29 is 4.39 Å². The van der Waals surface area contributed by atoms with E-state index in [0.717, 1.165) is 11.3 Å². The van der Waals surface area contributed by atoms with Gasteiger partial charge in [-0.2, -0.15) is 5.10 Å². The molecule has 0 fully saturated rings. The minimum atomic E-state index is -0.280. The van der Waals surface area contributed by atoms with Gasteiger partial charge in [0.25, 0.3) is 5.56 Å². The fourth-order valence-electron chi connectivity index (χ4n) is 2.27. The Morgan fingerprint density at radius 2 is 1.88 bits per heavy atom. The van der Waals surface area contributed by atoms with Crippen LogP contribution in [0.2, 0.25) is 0 Å². The molecule has 5 heteroatoms. The van der Waals surface area contributed by atoms with Crippen molar-refractivity contribution in [2.45, 2.75) is 39.4 Å². The number of hydrogen-bond acceptors (Lipinski definition) is 3. The first-order valence-corrected chi connectivity index (χ1v) is 7.78. The highest BCUT2D eigenvalue weighted by Crippen LogP contribution is 2.18. The summed E-state index contributed by atoms with van der Waals surface area (Å²) in [4.78, 5) is 14.0. The summed E-state index contributed by atoms with van der Waals surface area (Å²) in [6, 6.07) is 9.52. The van der Waals surface area contributed by atoms with E-state index >= 15 is 0 Å². The second kappa shape index (κ2) is 7.41. The van der Waals surface area contributed by atoms with Crippen molar-refractivity contribution in [3.63, 3.8) is 0 Å². The van der Waals surface area contributed by atoms with Crippen molar-refractivity contribution >= 4 is 0 Å². The molecule has 1 aromatic heterocycles. The zero-order valence-corrected chi connectivity index (χ0v) is 14.3. The number of benzene rings is 1. The van der Waals surface area contributed by atoms with Gasteiger partial charge in [0.2, 0.25) is 0 Å². The molecule has 0 unspecified atom stereocenters. The van der Waals surface area contributed by atoms with Crippen LogP contribution in [0.3, 0.4) is 0 Å². The maximum absolute atomic E-state index is 13.0. The van der Waals surface area contributed by atoms with Gasteiger partial charge in [-0.1, -0.05) is 38.8 Å². The van der Waals surface area contributed by atoms with Gasteiger partial charge in [-0.25, -0.2) is 9.07 Å². The van der Waals surface area contributed by atoms with Gasteiger partial charge < -0.3 is 0 Å². The zero-order valence-electron chi connectivity index (χ0n) is 14.3. The molecule has 0 aliphatic rings. The topological polar surface area (TPSA) is 38.1 Å². The highest BCUT2D eigenvalue weighted by Gasteiger charge is 2.17. The maximum Gasteiger partial charge on any atom is 0.267 e. The van der Waals surface area contributed by atoms with Crippen LogP contribution in [-0.2, 0) is 18.6 Å². The molecule has 2 rings (SSSR count). The third kappa shape index (κ3) is 4.77. The summed E-state index contributed by atoms with van der Waals surface area (Å²) in [5, 5.41) is 4.46. The van der Waals surface area contributed by atoms with E-state index in [4.69, 9.17) is 6.42 Å². The Morgan fingerprint density at radius 1 is 1.21 bits per heavy atom. The van der Waals surface area contributed by atoms with Crippen LogP contribution in [0, 0.1) is 18.2 Å². The SMILES string of the molecule is C#CCN(Cc1ccc(F)cc1)Cn1nc(C(C)(C)C)ccc1=O. The average molecular weight is 327 g/mol. The summed E-state index contributed by atoms with van der Waals surface area (Å²) in [6.45, 7) is 7.29. The smallest absolute Gasteiger partial charge is 0.267 e. The van der Waals surface area contributed by atoms with Crippen LogP contribution >= 0.6 is 0 Å². The average Bonchev–Trinajstić information content (AvgIpc) is 2.51. The fraction of sp³-hybridized carbons (Fsp3) is 0.368. The second-order valence-electron chi connectivity index (χ2n) is 6.77. The number of terminal acetylenes is 1. The molecule has 126 valence electrons. The molecule has 0 aliphatic heterocycles. The Hall–Kier alpha value is -2.45. The minimum absolute atomic E-state index is 0.149. The van der Waals surface area contributed by atoms with Gasteiger partial charge >= 0.3 is 0 Å². The lowest BCUT2D eigenvalue weighted by Gasteiger charge is -2.23. The van der Waals surface area contributed by atoms with Gasteiger partial charge in [-0.3, -0.25) is 9.69 Å². The molecule has 0 atom stereocenters. The molecule has 4 nitrogen and oxygen atoms in total. The summed E-state index contributed by atoms with van der Waals surface area (Å²) in [5.41, 5.74) is 1.43. The van der Waals surface area contributed by atoms with E-state index in [-0.39, 0.29) is 23.5 Å². The number of rotatable bonds is 5. The number of aromatic nitrogens is 2. The Kier molecular flexibility index (Phi) is 5.53. The van der Waals surface area contributed by atoms with Gasteiger partial charge in [-0.15, -0.1) is 6.42 Å². The molecule has 0 aliphatic carbocycles. The molecule has 0 bridgehead atoms. The fourth-order valence-corrected chi connectivity index (χ4v) is 2.27. The van der Waals surface area contributed by atoms with Crippen molar-refractivity contribution in [2.24, 2.45) is 0 Å². The van der Waals surface area contributed by atoms with Gasteiger partial charge in [0, 0.05) is 18.0 Å². The standard InChI is InChI=1S/C19H22FN3O/c1-5-12-22(13-15-6-8-16(20)9-7-15)14-23-18(24)11-10-17(21-23)19(2,3)4/h1,6-11H,12-14H2,2-4H3. The first-order chi connectivity index (χ1) is 11.3. The van der Waals surface area contributed by atoms with Crippen LogP contribution in [0.25, 0.3) is 0 Å². The first kappa shape index (κ1) is 17.9. The summed E-state index contributed by atoms with van der Waals surface area (Å²) in [7, 11) is 0. The normalized spacial score (nSPS) is 11.5. The minimum Gasteiger partial charge on any atom is -0.269 e. The molecule has 2 aromatic rings. The second-order valence-corrected chi connectivity index (χ2v) is 6.77. The zero-order chi connectivity index (χ0) is 17.7. The summed E-state index contributed by atoms with van der Waals surface area (Å²) in [5.74, 6) is 2.31. The van der Waals surface area contributed by atoms with Crippen molar-refractivity contribution in [2.75, 3.05) is 6.54 Å². The summed E-state index contributed by atoms with van der Waals surface area (Å²) < 4.78 is 14.4. The van der Waals surface area contributed by atoms with Gasteiger partial charge in [0.15, 0.2) is 0 Å². The number of halogens is 1.